The van der Waals surface area contributed by atoms with Crippen LogP contribution in [0.4, 0.5) is 0 Å². The number of aryl methyl sites for hydroxylation is 1. The van der Waals surface area contributed by atoms with Crippen molar-refractivity contribution in [2.45, 2.75) is 38.6 Å². The second-order valence-electron chi connectivity index (χ2n) is 7.14. The third-order valence-corrected chi connectivity index (χ3v) is 5.47. The lowest BCUT2D eigenvalue weighted by atomic mass is 10.2. The Kier molecular flexibility index (Phi) is 4.26. The molecule has 3 heterocycles. The molecule has 3 aromatic rings. The fourth-order valence-electron chi connectivity index (χ4n) is 4.06. The van der Waals surface area contributed by atoms with Crippen molar-refractivity contribution in [2.75, 3.05) is 13.1 Å². The molecule has 0 N–H and O–H groups in total. The second-order valence-corrected chi connectivity index (χ2v) is 7.14. The largest absolute Gasteiger partial charge is 0.341 e. The van der Waals surface area contributed by atoms with E-state index >= 15 is 0 Å². The molecule has 1 aromatic carbocycles. The van der Waals surface area contributed by atoms with Gasteiger partial charge in [-0.2, -0.15) is 5.10 Å². The summed E-state index contributed by atoms with van der Waals surface area (Å²) in [6.07, 6.45) is 6.19. The third-order valence-electron chi connectivity index (χ3n) is 5.47. The Bertz CT molecular complexity index is 1030. The van der Waals surface area contributed by atoms with Gasteiger partial charge in [-0.3, -0.25) is 9.59 Å². The Hall–Kier alpha value is -2.63. The van der Waals surface area contributed by atoms with Gasteiger partial charge >= 0.3 is 0 Å². The van der Waals surface area contributed by atoms with E-state index < -0.39 is 6.04 Å². The van der Waals surface area contributed by atoms with Gasteiger partial charge in [-0.05, 0) is 25.8 Å². The second kappa shape index (κ2) is 6.59. The van der Waals surface area contributed by atoms with E-state index in [0.29, 0.717) is 5.52 Å². The number of carbonyl (C=O) groups excluding carboxylic acids is 1. The van der Waals surface area contributed by atoms with Gasteiger partial charge in [0.05, 0.1) is 11.7 Å². The molecule has 0 aliphatic carbocycles. The van der Waals surface area contributed by atoms with Crippen molar-refractivity contribution in [1.29, 1.82) is 0 Å². The predicted octanol–water partition coefficient (Wildman–Crippen LogP) is 2.85. The van der Waals surface area contributed by atoms with E-state index in [0.717, 1.165) is 42.2 Å². The molecule has 6 heteroatoms. The third kappa shape index (κ3) is 2.60. The molecule has 0 radical (unpaired) electrons. The smallest absolute Gasteiger partial charge is 0.291 e. The van der Waals surface area contributed by atoms with Crippen LogP contribution in [-0.4, -0.2) is 38.2 Å². The fraction of sp³-hybridized carbons (Fsp3) is 0.450. The molecule has 26 heavy (non-hydrogen) atoms. The van der Waals surface area contributed by atoms with Crippen molar-refractivity contribution < 1.29 is 4.79 Å². The van der Waals surface area contributed by atoms with Gasteiger partial charge in [0.25, 0.3) is 5.56 Å². The van der Waals surface area contributed by atoms with Crippen molar-refractivity contribution >= 4 is 27.7 Å². The molecule has 0 spiro atoms. The van der Waals surface area contributed by atoms with Gasteiger partial charge in [0, 0.05) is 30.9 Å². The molecule has 1 atom stereocenters. The summed E-state index contributed by atoms with van der Waals surface area (Å²) in [5.41, 5.74) is 1.29. The number of rotatable bonds is 2. The van der Waals surface area contributed by atoms with Gasteiger partial charge in [0.15, 0.2) is 0 Å². The normalized spacial score (nSPS) is 16.8. The van der Waals surface area contributed by atoms with Crippen molar-refractivity contribution in [3.05, 3.63) is 40.8 Å². The Morgan fingerprint density at radius 3 is 2.50 bits per heavy atom. The quantitative estimate of drug-likeness (QED) is 0.712. The first-order valence-electron chi connectivity index (χ1n) is 9.33. The molecule has 0 bridgehead atoms. The Morgan fingerprint density at radius 1 is 1.08 bits per heavy atom. The summed E-state index contributed by atoms with van der Waals surface area (Å²) in [5.74, 6) is 0.0911. The summed E-state index contributed by atoms with van der Waals surface area (Å²) in [6.45, 7) is 3.51. The van der Waals surface area contributed by atoms with Crippen molar-refractivity contribution in [3.8, 4) is 0 Å². The van der Waals surface area contributed by atoms with E-state index in [2.05, 4.69) is 5.10 Å². The van der Waals surface area contributed by atoms with Gasteiger partial charge < -0.3 is 9.47 Å². The van der Waals surface area contributed by atoms with E-state index in [-0.39, 0.29) is 11.5 Å². The number of para-hydroxylation sites is 1. The molecule has 6 nitrogen and oxygen atoms in total. The zero-order chi connectivity index (χ0) is 18.3. The minimum atomic E-state index is -0.425. The standard InChI is InChI=1S/C20H24N4O2/c1-14(19(25)23-11-7-3-4-8-12-23)24-17-10-6-5-9-15(17)16-13-21-22(2)20(26)18(16)24/h5-6,9-10,13-14H,3-4,7-8,11-12H2,1-2H3. The predicted molar refractivity (Wildman–Crippen MR) is 102 cm³/mol. The van der Waals surface area contributed by atoms with Gasteiger partial charge in [0.1, 0.15) is 11.6 Å². The zero-order valence-corrected chi connectivity index (χ0v) is 15.3. The minimum Gasteiger partial charge on any atom is -0.341 e. The van der Waals surface area contributed by atoms with Crippen molar-refractivity contribution in [3.63, 3.8) is 0 Å². The number of fused-ring (bicyclic) bond motifs is 3. The van der Waals surface area contributed by atoms with Crippen LogP contribution >= 0.6 is 0 Å². The summed E-state index contributed by atoms with van der Waals surface area (Å²) in [5, 5.41) is 5.94. The molecule has 4 rings (SSSR count). The molecule has 1 aliphatic rings. The van der Waals surface area contributed by atoms with E-state index in [1.807, 2.05) is 40.7 Å². The number of likely N-dealkylation sites (tertiary alicyclic amines) is 1. The molecule has 1 aliphatic heterocycles. The van der Waals surface area contributed by atoms with Crippen LogP contribution in [0.3, 0.4) is 0 Å². The zero-order valence-electron chi connectivity index (χ0n) is 15.3. The summed E-state index contributed by atoms with van der Waals surface area (Å²) >= 11 is 0. The highest BCUT2D eigenvalue weighted by molar-refractivity contribution is 6.08. The van der Waals surface area contributed by atoms with Crippen LogP contribution in [0.5, 0.6) is 0 Å². The van der Waals surface area contributed by atoms with Crippen molar-refractivity contribution in [1.82, 2.24) is 19.2 Å². The van der Waals surface area contributed by atoms with Crippen LogP contribution in [0.15, 0.2) is 35.3 Å². The molecule has 1 unspecified atom stereocenters. The van der Waals surface area contributed by atoms with Crippen LogP contribution < -0.4 is 5.56 Å². The first kappa shape index (κ1) is 16.8. The maximum Gasteiger partial charge on any atom is 0.291 e. The highest BCUT2D eigenvalue weighted by Gasteiger charge is 2.27. The summed E-state index contributed by atoms with van der Waals surface area (Å²) < 4.78 is 3.24. The average Bonchev–Trinajstić information content (AvgIpc) is 2.80. The molecular formula is C20H24N4O2. The Morgan fingerprint density at radius 2 is 1.77 bits per heavy atom. The topological polar surface area (TPSA) is 60.1 Å². The Balaban J connectivity index is 1.90. The van der Waals surface area contributed by atoms with Gasteiger partial charge in [-0.15, -0.1) is 0 Å². The maximum absolute atomic E-state index is 13.2. The van der Waals surface area contributed by atoms with Crippen LogP contribution in [0, 0.1) is 0 Å². The number of hydrogen-bond acceptors (Lipinski definition) is 3. The highest BCUT2D eigenvalue weighted by atomic mass is 16.2. The van der Waals surface area contributed by atoms with E-state index in [1.54, 1.807) is 13.2 Å². The highest BCUT2D eigenvalue weighted by Crippen LogP contribution is 2.30. The molecule has 1 amide bonds. The Labute approximate surface area is 152 Å². The number of aromatic nitrogens is 3. The van der Waals surface area contributed by atoms with Crippen molar-refractivity contribution in [2.24, 2.45) is 7.05 Å². The number of hydrogen-bond donors (Lipinski definition) is 0. The molecule has 1 fully saturated rings. The first-order chi connectivity index (χ1) is 12.6. The van der Waals surface area contributed by atoms with Crippen LogP contribution in [0.1, 0.15) is 38.6 Å². The molecule has 136 valence electrons. The van der Waals surface area contributed by atoms with Crippen LogP contribution in [0.25, 0.3) is 21.8 Å². The lowest BCUT2D eigenvalue weighted by molar-refractivity contribution is -0.134. The monoisotopic (exact) mass is 352 g/mol. The summed E-state index contributed by atoms with van der Waals surface area (Å²) in [4.78, 5) is 28.0. The van der Waals surface area contributed by atoms with E-state index in [1.165, 1.54) is 17.5 Å². The average molecular weight is 352 g/mol. The summed E-state index contributed by atoms with van der Waals surface area (Å²) in [7, 11) is 1.64. The van der Waals surface area contributed by atoms with Gasteiger partial charge in [0.2, 0.25) is 5.91 Å². The molecule has 0 saturated carbocycles. The molecule has 2 aromatic heterocycles. The molecular weight excluding hydrogens is 328 g/mol. The van der Waals surface area contributed by atoms with E-state index in [4.69, 9.17) is 0 Å². The lowest BCUT2D eigenvalue weighted by Gasteiger charge is -2.25. The minimum absolute atomic E-state index is 0.0911. The number of carbonyl (C=O) groups is 1. The molecule has 1 saturated heterocycles. The first-order valence-corrected chi connectivity index (χ1v) is 9.33. The summed E-state index contributed by atoms with van der Waals surface area (Å²) in [6, 6.07) is 7.42. The maximum atomic E-state index is 13.2. The van der Waals surface area contributed by atoms with Gasteiger partial charge in [-0.25, -0.2) is 4.68 Å². The number of amides is 1. The van der Waals surface area contributed by atoms with E-state index in [9.17, 15) is 9.59 Å². The lowest BCUT2D eigenvalue weighted by Crippen LogP contribution is -2.37. The van der Waals surface area contributed by atoms with Crippen LogP contribution in [0.2, 0.25) is 0 Å². The van der Waals surface area contributed by atoms with Crippen LogP contribution in [-0.2, 0) is 11.8 Å². The SMILES string of the molecule is CC(C(=O)N1CCCCCC1)n1c2ccccc2c2cnn(C)c(=O)c21. The number of benzene rings is 1. The van der Waals surface area contributed by atoms with Gasteiger partial charge in [-0.1, -0.05) is 31.0 Å². The number of nitrogens with zero attached hydrogens (tertiary/aromatic N) is 4. The fourth-order valence-corrected chi connectivity index (χ4v) is 4.06.